The van der Waals surface area contributed by atoms with Gasteiger partial charge in [0.1, 0.15) is 0 Å². The molecule has 2 aromatic rings. The second-order valence-corrected chi connectivity index (χ2v) is 4.36. The lowest BCUT2D eigenvalue weighted by Crippen LogP contribution is -2.23. The molecule has 1 aromatic heterocycles. The van der Waals surface area contributed by atoms with Crippen LogP contribution in [0.3, 0.4) is 0 Å². The molecule has 0 spiro atoms. The molecule has 0 fully saturated rings. The van der Waals surface area contributed by atoms with Crippen molar-refractivity contribution in [2.24, 2.45) is 7.05 Å². The summed E-state index contributed by atoms with van der Waals surface area (Å²) in [5.41, 5.74) is 1.62. The number of carbonyl (C=O) groups excluding carboxylic acids is 1. The normalized spacial score (nSPS) is 12.5. The summed E-state index contributed by atoms with van der Waals surface area (Å²) in [4.78, 5) is 12.0. The maximum Gasteiger partial charge on any atom is 0.251 e. The Morgan fingerprint density at radius 3 is 2.95 bits per heavy atom. The van der Waals surface area contributed by atoms with Gasteiger partial charge in [-0.25, -0.2) is 0 Å². The van der Waals surface area contributed by atoms with Crippen molar-refractivity contribution < 1.29 is 14.3 Å². The summed E-state index contributed by atoms with van der Waals surface area (Å²) in [7, 11) is 1.95. The predicted molar refractivity (Wildman–Crippen MR) is 69.1 cm³/mol. The number of amides is 1. The van der Waals surface area contributed by atoms with E-state index in [0.29, 0.717) is 23.6 Å². The smallest absolute Gasteiger partial charge is 0.251 e. The number of rotatable bonds is 3. The first kappa shape index (κ1) is 11.6. The molecule has 1 amide bonds. The molecule has 0 atom stereocenters. The van der Waals surface area contributed by atoms with Crippen LogP contribution in [0, 0.1) is 0 Å². The Hall–Kier alpha value is -2.43. The summed E-state index contributed by atoms with van der Waals surface area (Å²) in [6.07, 6.45) is 1.95. The lowest BCUT2D eigenvalue weighted by molar-refractivity contribution is 0.0949. The molecule has 0 aliphatic carbocycles. The van der Waals surface area contributed by atoms with E-state index in [2.05, 4.69) is 5.32 Å². The molecule has 0 radical (unpaired) electrons. The first-order valence-corrected chi connectivity index (χ1v) is 6.02. The zero-order valence-corrected chi connectivity index (χ0v) is 10.6. The Bertz CT molecular complexity index is 619. The number of hydrogen-bond donors (Lipinski definition) is 1. The molecule has 5 nitrogen and oxygen atoms in total. The summed E-state index contributed by atoms with van der Waals surface area (Å²) in [5, 5.41) is 2.88. The van der Waals surface area contributed by atoms with E-state index in [9.17, 15) is 4.79 Å². The Morgan fingerprint density at radius 1 is 1.32 bits per heavy atom. The highest BCUT2D eigenvalue weighted by atomic mass is 16.7. The number of benzene rings is 1. The largest absolute Gasteiger partial charge is 0.454 e. The monoisotopic (exact) mass is 258 g/mol. The highest BCUT2D eigenvalue weighted by Crippen LogP contribution is 2.32. The molecule has 1 aliphatic heterocycles. The van der Waals surface area contributed by atoms with Crippen LogP contribution in [0.15, 0.2) is 36.5 Å². The molecule has 1 aromatic carbocycles. The second kappa shape index (κ2) is 4.68. The lowest BCUT2D eigenvalue weighted by Gasteiger charge is -2.07. The third-order valence-corrected chi connectivity index (χ3v) is 3.12. The fourth-order valence-corrected chi connectivity index (χ4v) is 1.99. The van der Waals surface area contributed by atoms with Crippen LogP contribution in [-0.4, -0.2) is 17.3 Å². The summed E-state index contributed by atoms with van der Waals surface area (Å²) in [5.74, 6) is 1.17. The Kier molecular flexibility index (Phi) is 2.87. The van der Waals surface area contributed by atoms with Crippen LogP contribution in [0.5, 0.6) is 11.5 Å². The highest BCUT2D eigenvalue weighted by Gasteiger charge is 2.16. The fraction of sp³-hybridized carbons (Fsp3) is 0.214. The van der Waals surface area contributed by atoms with Crippen LogP contribution in [0.4, 0.5) is 0 Å². The van der Waals surface area contributed by atoms with Crippen LogP contribution in [0.25, 0.3) is 0 Å². The van der Waals surface area contributed by atoms with Gasteiger partial charge < -0.3 is 19.4 Å². The van der Waals surface area contributed by atoms with Gasteiger partial charge in [-0.1, -0.05) is 0 Å². The number of nitrogens with one attached hydrogen (secondary N) is 1. The standard InChI is InChI=1S/C14H14N2O3/c1-16-6-2-3-11(16)8-15-14(17)10-4-5-12-13(7-10)19-9-18-12/h2-7H,8-9H2,1H3,(H,15,17). The molecule has 1 aliphatic rings. The average molecular weight is 258 g/mol. The van der Waals surface area contributed by atoms with Gasteiger partial charge in [-0.15, -0.1) is 0 Å². The van der Waals surface area contributed by atoms with Gasteiger partial charge >= 0.3 is 0 Å². The molecule has 0 bridgehead atoms. The molecule has 0 saturated heterocycles. The minimum atomic E-state index is -0.125. The van der Waals surface area contributed by atoms with Gasteiger partial charge in [0, 0.05) is 24.5 Å². The number of hydrogen-bond acceptors (Lipinski definition) is 3. The van der Waals surface area contributed by atoms with Gasteiger partial charge in [0.2, 0.25) is 6.79 Å². The molecule has 2 heterocycles. The van der Waals surface area contributed by atoms with Crippen molar-refractivity contribution in [1.82, 2.24) is 9.88 Å². The van der Waals surface area contributed by atoms with Crippen molar-refractivity contribution in [2.45, 2.75) is 6.54 Å². The van der Waals surface area contributed by atoms with Crippen LogP contribution in [-0.2, 0) is 13.6 Å². The first-order valence-electron chi connectivity index (χ1n) is 6.02. The summed E-state index contributed by atoms with van der Waals surface area (Å²) in [6, 6.07) is 9.10. The molecular weight excluding hydrogens is 244 g/mol. The van der Waals surface area contributed by atoms with Gasteiger partial charge in [0.05, 0.1) is 6.54 Å². The van der Waals surface area contributed by atoms with E-state index in [1.54, 1.807) is 18.2 Å². The molecule has 0 unspecified atom stereocenters. The summed E-state index contributed by atoms with van der Waals surface area (Å²) in [6.45, 7) is 0.709. The third-order valence-electron chi connectivity index (χ3n) is 3.12. The van der Waals surface area contributed by atoms with Gasteiger partial charge in [0.15, 0.2) is 11.5 Å². The second-order valence-electron chi connectivity index (χ2n) is 4.36. The Morgan fingerprint density at radius 2 is 2.16 bits per heavy atom. The molecular formula is C14H14N2O3. The van der Waals surface area contributed by atoms with Gasteiger partial charge in [-0.05, 0) is 30.3 Å². The number of nitrogens with zero attached hydrogens (tertiary/aromatic N) is 1. The zero-order chi connectivity index (χ0) is 13.2. The van der Waals surface area contributed by atoms with E-state index in [-0.39, 0.29) is 12.7 Å². The number of aryl methyl sites for hydroxylation is 1. The first-order chi connectivity index (χ1) is 9.24. The third kappa shape index (κ3) is 2.27. The minimum absolute atomic E-state index is 0.125. The summed E-state index contributed by atoms with van der Waals surface area (Å²) < 4.78 is 12.4. The Labute approximate surface area is 110 Å². The van der Waals surface area contributed by atoms with Crippen molar-refractivity contribution in [1.29, 1.82) is 0 Å². The van der Waals surface area contributed by atoms with E-state index < -0.39 is 0 Å². The minimum Gasteiger partial charge on any atom is -0.454 e. The molecule has 19 heavy (non-hydrogen) atoms. The van der Waals surface area contributed by atoms with E-state index in [1.807, 2.05) is 29.9 Å². The molecule has 98 valence electrons. The molecule has 0 saturated carbocycles. The van der Waals surface area contributed by atoms with Crippen LogP contribution >= 0.6 is 0 Å². The van der Waals surface area contributed by atoms with Crippen molar-refractivity contribution >= 4 is 5.91 Å². The number of aromatic nitrogens is 1. The fourth-order valence-electron chi connectivity index (χ4n) is 1.99. The Balaban J connectivity index is 1.69. The van der Waals surface area contributed by atoms with E-state index >= 15 is 0 Å². The SMILES string of the molecule is Cn1cccc1CNC(=O)c1ccc2c(c1)OCO2. The topological polar surface area (TPSA) is 52.5 Å². The zero-order valence-electron chi connectivity index (χ0n) is 10.6. The predicted octanol–water partition coefficient (Wildman–Crippen LogP) is 1.68. The van der Waals surface area contributed by atoms with Crippen molar-refractivity contribution in [3.8, 4) is 11.5 Å². The maximum absolute atomic E-state index is 12.0. The van der Waals surface area contributed by atoms with E-state index in [4.69, 9.17) is 9.47 Å². The van der Waals surface area contributed by atoms with Crippen molar-refractivity contribution in [2.75, 3.05) is 6.79 Å². The van der Waals surface area contributed by atoms with Crippen LogP contribution in [0.1, 0.15) is 16.1 Å². The van der Waals surface area contributed by atoms with E-state index in [1.165, 1.54) is 0 Å². The van der Waals surface area contributed by atoms with Gasteiger partial charge in [0.25, 0.3) is 5.91 Å². The highest BCUT2D eigenvalue weighted by molar-refractivity contribution is 5.94. The average Bonchev–Trinajstić information content (AvgIpc) is 3.03. The van der Waals surface area contributed by atoms with Gasteiger partial charge in [-0.3, -0.25) is 4.79 Å². The van der Waals surface area contributed by atoms with Gasteiger partial charge in [-0.2, -0.15) is 0 Å². The van der Waals surface area contributed by atoms with Crippen molar-refractivity contribution in [3.05, 3.63) is 47.8 Å². The molecule has 3 rings (SSSR count). The maximum atomic E-state index is 12.0. The van der Waals surface area contributed by atoms with E-state index in [0.717, 1.165) is 5.69 Å². The lowest BCUT2D eigenvalue weighted by atomic mass is 10.2. The number of fused-ring (bicyclic) bond motifs is 1. The van der Waals surface area contributed by atoms with Crippen molar-refractivity contribution in [3.63, 3.8) is 0 Å². The molecule has 1 N–H and O–H groups in total. The number of carbonyl (C=O) groups is 1. The van der Waals surface area contributed by atoms with Crippen LogP contribution < -0.4 is 14.8 Å². The summed E-state index contributed by atoms with van der Waals surface area (Å²) >= 11 is 0. The number of ether oxygens (including phenoxy) is 2. The molecule has 5 heteroatoms. The van der Waals surface area contributed by atoms with Crippen LogP contribution in [0.2, 0.25) is 0 Å². The quantitative estimate of drug-likeness (QED) is 0.911.